The molecule has 0 spiro atoms. The zero-order valence-corrected chi connectivity index (χ0v) is 13.3. The van der Waals surface area contributed by atoms with E-state index in [2.05, 4.69) is 34.1 Å². The van der Waals surface area contributed by atoms with Crippen LogP contribution in [0, 0.1) is 5.92 Å². The Hall–Kier alpha value is -1.30. The normalized spacial score (nSPS) is 18.3. The van der Waals surface area contributed by atoms with Crippen LogP contribution in [0.5, 0.6) is 0 Å². The summed E-state index contributed by atoms with van der Waals surface area (Å²) in [6.07, 6.45) is 2.24. The summed E-state index contributed by atoms with van der Waals surface area (Å²) in [5, 5.41) is 6.84. The second-order valence-corrected chi connectivity index (χ2v) is 6.00. The molecule has 0 aromatic heterocycles. The molecule has 1 fully saturated rings. The van der Waals surface area contributed by atoms with Gasteiger partial charge in [0.1, 0.15) is 5.54 Å². The fraction of sp³-hybridized carbons (Fsp3) is 0.929. The molecule has 0 saturated carbocycles. The number of nitrogens with one attached hydrogen (secondary N) is 1. The molecule has 0 amide bonds. The highest BCUT2D eigenvalue weighted by Crippen LogP contribution is 2.24. The Morgan fingerprint density at radius 3 is 2.67 bits per heavy atom. The first-order valence-corrected chi connectivity index (χ1v) is 7.61. The van der Waals surface area contributed by atoms with Gasteiger partial charge in [0.15, 0.2) is 0 Å². The number of azide groups is 1. The maximum atomic E-state index is 12.2. The minimum Gasteiger partial charge on any atom is -0.468 e. The average Bonchev–Trinajstić information content (AvgIpc) is 2.47. The van der Waals surface area contributed by atoms with Crippen molar-refractivity contribution in [3.63, 3.8) is 0 Å². The number of esters is 1. The number of nitrogens with zero attached hydrogens (tertiary/aromatic N) is 4. The van der Waals surface area contributed by atoms with Crippen LogP contribution in [-0.2, 0) is 9.53 Å². The van der Waals surface area contributed by atoms with Crippen LogP contribution in [0.2, 0.25) is 0 Å². The fourth-order valence-electron chi connectivity index (χ4n) is 2.80. The van der Waals surface area contributed by atoms with Crippen molar-refractivity contribution in [1.82, 2.24) is 10.2 Å². The van der Waals surface area contributed by atoms with Crippen LogP contribution in [0.1, 0.15) is 33.1 Å². The lowest BCUT2D eigenvalue weighted by Crippen LogP contribution is -2.59. The van der Waals surface area contributed by atoms with Crippen LogP contribution in [0.4, 0.5) is 0 Å². The lowest BCUT2D eigenvalue weighted by molar-refractivity contribution is -0.151. The second kappa shape index (κ2) is 8.87. The van der Waals surface area contributed by atoms with E-state index in [9.17, 15) is 4.79 Å². The number of methoxy groups -OCH3 is 1. The maximum Gasteiger partial charge on any atom is 0.326 e. The summed E-state index contributed by atoms with van der Waals surface area (Å²) in [5.41, 5.74) is 7.67. The molecule has 120 valence electrons. The Morgan fingerprint density at radius 2 is 2.14 bits per heavy atom. The fourth-order valence-corrected chi connectivity index (χ4v) is 2.80. The van der Waals surface area contributed by atoms with E-state index in [0.717, 1.165) is 38.9 Å². The average molecular weight is 297 g/mol. The second-order valence-electron chi connectivity index (χ2n) is 6.00. The number of piperidine rings is 1. The zero-order valence-electron chi connectivity index (χ0n) is 13.3. The Kier molecular flexibility index (Phi) is 7.50. The molecule has 1 saturated heterocycles. The van der Waals surface area contributed by atoms with Gasteiger partial charge in [0, 0.05) is 31.1 Å². The van der Waals surface area contributed by atoms with Crippen LogP contribution in [-0.4, -0.2) is 56.2 Å². The Morgan fingerprint density at radius 1 is 1.48 bits per heavy atom. The Bertz CT molecular complexity index is 372. The van der Waals surface area contributed by atoms with Gasteiger partial charge in [-0.3, -0.25) is 4.79 Å². The largest absolute Gasteiger partial charge is 0.468 e. The van der Waals surface area contributed by atoms with Crippen molar-refractivity contribution in [2.75, 3.05) is 39.8 Å². The lowest BCUT2D eigenvalue weighted by atomic mass is 9.87. The van der Waals surface area contributed by atoms with Crippen LogP contribution in [0.15, 0.2) is 5.11 Å². The molecule has 1 heterocycles. The highest BCUT2D eigenvalue weighted by molar-refractivity contribution is 5.81. The first-order chi connectivity index (χ1) is 10.0. The van der Waals surface area contributed by atoms with Gasteiger partial charge in [0.25, 0.3) is 0 Å². The van der Waals surface area contributed by atoms with Crippen molar-refractivity contribution in [3.05, 3.63) is 10.4 Å². The standard InChI is InChI=1S/C14H27N5O2/c1-12(2)11-19-9-5-14(6-10-19,13(20)21-3)16-7-4-8-17-18-15/h12,16H,4-11H2,1-3H3. The van der Waals surface area contributed by atoms with Crippen LogP contribution >= 0.6 is 0 Å². The third-order valence-corrected chi connectivity index (χ3v) is 3.87. The number of hydrogen-bond donors (Lipinski definition) is 1. The lowest BCUT2D eigenvalue weighted by Gasteiger charge is -2.40. The Balaban J connectivity index is 2.53. The van der Waals surface area contributed by atoms with E-state index in [-0.39, 0.29) is 5.97 Å². The third kappa shape index (κ3) is 5.53. The van der Waals surface area contributed by atoms with Crippen molar-refractivity contribution in [1.29, 1.82) is 0 Å². The predicted octanol–water partition coefficient (Wildman–Crippen LogP) is 1.94. The van der Waals surface area contributed by atoms with Gasteiger partial charge >= 0.3 is 5.97 Å². The smallest absolute Gasteiger partial charge is 0.326 e. The Labute approximate surface area is 126 Å². The first kappa shape index (κ1) is 17.8. The van der Waals surface area contributed by atoms with Crippen LogP contribution in [0.3, 0.4) is 0 Å². The number of likely N-dealkylation sites (tertiary alicyclic amines) is 1. The molecule has 1 rings (SSSR count). The molecule has 21 heavy (non-hydrogen) atoms. The minimum absolute atomic E-state index is 0.185. The van der Waals surface area contributed by atoms with Gasteiger partial charge in [0.05, 0.1) is 7.11 Å². The molecule has 0 aromatic carbocycles. The SMILES string of the molecule is COC(=O)C1(NCCCN=[N+]=[N-])CCN(CC(C)C)CC1. The van der Waals surface area contributed by atoms with E-state index in [1.807, 2.05) is 0 Å². The number of ether oxygens (including phenoxy) is 1. The van der Waals surface area contributed by atoms with Crippen LogP contribution < -0.4 is 5.32 Å². The molecule has 0 radical (unpaired) electrons. The van der Waals surface area contributed by atoms with Crippen molar-refractivity contribution < 1.29 is 9.53 Å². The van der Waals surface area contributed by atoms with E-state index in [0.29, 0.717) is 19.0 Å². The van der Waals surface area contributed by atoms with Crippen molar-refractivity contribution >= 4 is 5.97 Å². The van der Waals surface area contributed by atoms with E-state index < -0.39 is 5.54 Å². The summed E-state index contributed by atoms with van der Waals surface area (Å²) in [7, 11) is 1.44. The monoisotopic (exact) mass is 297 g/mol. The van der Waals surface area contributed by atoms with Crippen molar-refractivity contribution in [3.8, 4) is 0 Å². The van der Waals surface area contributed by atoms with Gasteiger partial charge in [-0.05, 0) is 37.3 Å². The summed E-state index contributed by atoms with van der Waals surface area (Å²) < 4.78 is 4.99. The molecule has 7 nitrogen and oxygen atoms in total. The van der Waals surface area contributed by atoms with E-state index >= 15 is 0 Å². The number of carbonyl (C=O) groups is 1. The topological polar surface area (TPSA) is 90.3 Å². The molecule has 1 N–H and O–H groups in total. The van der Waals surface area contributed by atoms with Gasteiger partial charge in [-0.15, -0.1) is 0 Å². The van der Waals surface area contributed by atoms with Crippen LogP contribution in [0.25, 0.3) is 10.4 Å². The number of carbonyl (C=O) groups excluding carboxylic acids is 1. The minimum atomic E-state index is -0.585. The summed E-state index contributed by atoms with van der Waals surface area (Å²) in [6, 6.07) is 0. The quantitative estimate of drug-likeness (QED) is 0.244. The number of rotatable bonds is 8. The predicted molar refractivity (Wildman–Crippen MR) is 81.9 cm³/mol. The molecule has 1 aliphatic rings. The molecule has 0 bridgehead atoms. The molecule has 0 aromatic rings. The highest BCUT2D eigenvalue weighted by Gasteiger charge is 2.41. The number of hydrogen-bond acceptors (Lipinski definition) is 5. The summed E-state index contributed by atoms with van der Waals surface area (Å²) in [5.74, 6) is 0.447. The summed E-state index contributed by atoms with van der Waals surface area (Å²) in [6.45, 7) is 8.37. The third-order valence-electron chi connectivity index (χ3n) is 3.87. The van der Waals surface area contributed by atoms with Crippen molar-refractivity contribution in [2.24, 2.45) is 11.0 Å². The van der Waals surface area contributed by atoms with E-state index in [1.165, 1.54) is 7.11 Å². The van der Waals surface area contributed by atoms with E-state index in [1.54, 1.807) is 0 Å². The summed E-state index contributed by atoms with van der Waals surface area (Å²) >= 11 is 0. The van der Waals surface area contributed by atoms with E-state index in [4.69, 9.17) is 10.3 Å². The van der Waals surface area contributed by atoms with Gasteiger partial charge in [-0.2, -0.15) is 0 Å². The molecular weight excluding hydrogens is 270 g/mol. The first-order valence-electron chi connectivity index (χ1n) is 7.61. The molecule has 7 heteroatoms. The van der Waals surface area contributed by atoms with Gasteiger partial charge in [0.2, 0.25) is 0 Å². The molecular formula is C14H27N5O2. The molecule has 1 aliphatic heterocycles. The molecule has 0 atom stereocenters. The zero-order chi connectivity index (χ0) is 15.7. The van der Waals surface area contributed by atoms with Gasteiger partial charge in [-0.25, -0.2) is 0 Å². The molecule has 0 unspecified atom stereocenters. The summed E-state index contributed by atoms with van der Waals surface area (Å²) in [4.78, 5) is 17.3. The van der Waals surface area contributed by atoms with Gasteiger partial charge in [-0.1, -0.05) is 19.0 Å². The highest BCUT2D eigenvalue weighted by atomic mass is 16.5. The maximum absolute atomic E-state index is 12.2. The van der Waals surface area contributed by atoms with Gasteiger partial charge < -0.3 is 15.0 Å². The molecule has 0 aliphatic carbocycles. The van der Waals surface area contributed by atoms with Crippen molar-refractivity contribution in [2.45, 2.75) is 38.6 Å².